The molecule has 1 aliphatic rings. The predicted molar refractivity (Wildman–Crippen MR) is 77.9 cm³/mol. The third-order valence-corrected chi connectivity index (χ3v) is 3.76. The van der Waals surface area contributed by atoms with E-state index >= 15 is 0 Å². The standard InChI is InChI=1S/C16H20N2O2/c1-3-11-17-16(20)13-9-10-14(19)18(2)15(13)12-7-5-4-6-8-12/h3-8,13,15H,1,9-11H2,2H3,(H,17,20)/t13-,15-/m0/s1. The predicted octanol–water partition coefficient (Wildman–Crippen LogP) is 1.90. The van der Waals surface area contributed by atoms with E-state index in [1.807, 2.05) is 30.3 Å². The van der Waals surface area contributed by atoms with Crippen LogP contribution in [0, 0.1) is 5.92 Å². The maximum Gasteiger partial charge on any atom is 0.225 e. The van der Waals surface area contributed by atoms with Crippen LogP contribution in [0.1, 0.15) is 24.4 Å². The highest BCUT2D eigenvalue weighted by Gasteiger charge is 2.38. The third kappa shape index (κ3) is 2.90. The largest absolute Gasteiger partial charge is 0.352 e. The number of carbonyl (C=O) groups excluding carboxylic acids is 2. The molecule has 2 amide bonds. The Morgan fingerprint density at radius 1 is 1.45 bits per heavy atom. The molecule has 1 N–H and O–H groups in total. The number of carbonyl (C=O) groups is 2. The van der Waals surface area contributed by atoms with Gasteiger partial charge in [0.1, 0.15) is 0 Å². The van der Waals surface area contributed by atoms with Crippen LogP contribution >= 0.6 is 0 Å². The van der Waals surface area contributed by atoms with Gasteiger partial charge in [0.05, 0.1) is 12.0 Å². The molecule has 106 valence electrons. The summed E-state index contributed by atoms with van der Waals surface area (Å²) in [5.74, 6) is -0.134. The Kier molecular flexibility index (Phi) is 4.56. The normalized spacial score (nSPS) is 22.4. The summed E-state index contributed by atoms with van der Waals surface area (Å²) in [6, 6.07) is 9.53. The van der Waals surface area contributed by atoms with Gasteiger partial charge in [-0.1, -0.05) is 36.4 Å². The molecular weight excluding hydrogens is 252 g/mol. The van der Waals surface area contributed by atoms with Crippen molar-refractivity contribution in [2.75, 3.05) is 13.6 Å². The molecule has 2 atom stereocenters. The number of nitrogens with zero attached hydrogens (tertiary/aromatic N) is 1. The molecule has 4 nitrogen and oxygen atoms in total. The number of benzene rings is 1. The number of piperidine rings is 1. The van der Waals surface area contributed by atoms with Crippen molar-refractivity contribution in [3.05, 3.63) is 48.6 Å². The lowest BCUT2D eigenvalue weighted by molar-refractivity contribution is -0.141. The van der Waals surface area contributed by atoms with Crippen LogP contribution in [0.2, 0.25) is 0 Å². The molecule has 0 aromatic heterocycles. The first-order valence-corrected chi connectivity index (χ1v) is 6.84. The van der Waals surface area contributed by atoms with E-state index in [4.69, 9.17) is 0 Å². The lowest BCUT2D eigenvalue weighted by Gasteiger charge is -2.38. The maximum absolute atomic E-state index is 12.3. The van der Waals surface area contributed by atoms with Gasteiger partial charge in [-0.2, -0.15) is 0 Å². The van der Waals surface area contributed by atoms with Crippen molar-refractivity contribution in [2.45, 2.75) is 18.9 Å². The van der Waals surface area contributed by atoms with Gasteiger partial charge in [-0.05, 0) is 12.0 Å². The van der Waals surface area contributed by atoms with E-state index < -0.39 is 0 Å². The summed E-state index contributed by atoms with van der Waals surface area (Å²) in [5.41, 5.74) is 1.00. The van der Waals surface area contributed by atoms with Crippen molar-refractivity contribution >= 4 is 11.8 Å². The van der Waals surface area contributed by atoms with Crippen LogP contribution in [0.4, 0.5) is 0 Å². The lowest BCUT2D eigenvalue weighted by atomic mass is 9.84. The fraction of sp³-hybridized carbons (Fsp3) is 0.375. The molecule has 4 heteroatoms. The number of amides is 2. The topological polar surface area (TPSA) is 49.4 Å². The number of hydrogen-bond donors (Lipinski definition) is 1. The van der Waals surface area contributed by atoms with E-state index in [2.05, 4.69) is 11.9 Å². The molecule has 1 aliphatic heterocycles. The summed E-state index contributed by atoms with van der Waals surface area (Å²) < 4.78 is 0. The van der Waals surface area contributed by atoms with Gasteiger partial charge in [-0.15, -0.1) is 6.58 Å². The number of rotatable bonds is 4. The van der Waals surface area contributed by atoms with Crippen LogP contribution in [0.25, 0.3) is 0 Å². The Bertz CT molecular complexity index is 498. The van der Waals surface area contributed by atoms with Crippen LogP contribution in [0.15, 0.2) is 43.0 Å². The molecule has 1 heterocycles. The van der Waals surface area contributed by atoms with Crippen molar-refractivity contribution in [3.63, 3.8) is 0 Å². The fourth-order valence-electron chi connectivity index (χ4n) is 2.72. The zero-order valence-electron chi connectivity index (χ0n) is 11.7. The number of likely N-dealkylation sites (tertiary alicyclic amines) is 1. The van der Waals surface area contributed by atoms with Crippen LogP contribution in [-0.4, -0.2) is 30.3 Å². The molecule has 0 saturated carbocycles. The summed E-state index contributed by atoms with van der Waals surface area (Å²) in [6.45, 7) is 4.06. The second-order valence-corrected chi connectivity index (χ2v) is 5.04. The zero-order chi connectivity index (χ0) is 14.5. The molecular formula is C16H20N2O2. The van der Waals surface area contributed by atoms with Crippen molar-refractivity contribution in [2.24, 2.45) is 5.92 Å². The fourth-order valence-corrected chi connectivity index (χ4v) is 2.72. The van der Waals surface area contributed by atoms with Gasteiger partial charge in [-0.3, -0.25) is 9.59 Å². The Hall–Kier alpha value is -2.10. The van der Waals surface area contributed by atoms with Gasteiger partial charge in [0, 0.05) is 20.0 Å². The van der Waals surface area contributed by atoms with E-state index in [-0.39, 0.29) is 23.8 Å². The first-order valence-electron chi connectivity index (χ1n) is 6.84. The van der Waals surface area contributed by atoms with Gasteiger partial charge < -0.3 is 10.2 Å². The molecule has 0 spiro atoms. The van der Waals surface area contributed by atoms with E-state index in [9.17, 15) is 9.59 Å². The van der Waals surface area contributed by atoms with Gasteiger partial charge >= 0.3 is 0 Å². The van der Waals surface area contributed by atoms with Crippen molar-refractivity contribution < 1.29 is 9.59 Å². The van der Waals surface area contributed by atoms with E-state index in [1.165, 1.54) is 0 Å². The molecule has 20 heavy (non-hydrogen) atoms. The second-order valence-electron chi connectivity index (χ2n) is 5.04. The number of nitrogens with one attached hydrogen (secondary N) is 1. The monoisotopic (exact) mass is 272 g/mol. The molecule has 1 fully saturated rings. The minimum absolute atomic E-state index is 0.0156. The van der Waals surface area contributed by atoms with Crippen molar-refractivity contribution in [1.82, 2.24) is 10.2 Å². The highest BCUT2D eigenvalue weighted by atomic mass is 16.2. The molecule has 0 radical (unpaired) electrons. The summed E-state index contributed by atoms with van der Waals surface area (Å²) in [7, 11) is 1.77. The van der Waals surface area contributed by atoms with Crippen LogP contribution in [0.3, 0.4) is 0 Å². The Morgan fingerprint density at radius 2 is 2.15 bits per heavy atom. The minimum Gasteiger partial charge on any atom is -0.352 e. The van der Waals surface area contributed by atoms with Gasteiger partial charge in [0.15, 0.2) is 0 Å². The summed E-state index contributed by atoms with van der Waals surface area (Å²) in [5, 5.41) is 2.84. The summed E-state index contributed by atoms with van der Waals surface area (Å²) >= 11 is 0. The molecule has 1 saturated heterocycles. The summed E-state index contributed by atoms with van der Waals surface area (Å²) in [6.07, 6.45) is 2.67. The average Bonchev–Trinajstić information content (AvgIpc) is 2.48. The number of hydrogen-bond acceptors (Lipinski definition) is 2. The van der Waals surface area contributed by atoms with Crippen LogP contribution < -0.4 is 5.32 Å². The highest BCUT2D eigenvalue weighted by molar-refractivity contribution is 5.84. The first kappa shape index (κ1) is 14.3. The molecule has 0 aliphatic carbocycles. The molecule has 2 rings (SSSR count). The lowest BCUT2D eigenvalue weighted by Crippen LogP contribution is -2.46. The Labute approximate surface area is 119 Å². The van der Waals surface area contributed by atoms with E-state index in [0.29, 0.717) is 19.4 Å². The molecule has 1 aromatic carbocycles. The van der Waals surface area contributed by atoms with Crippen molar-refractivity contribution in [1.29, 1.82) is 0 Å². The smallest absolute Gasteiger partial charge is 0.225 e. The first-order chi connectivity index (χ1) is 9.65. The maximum atomic E-state index is 12.3. The van der Waals surface area contributed by atoms with Crippen molar-refractivity contribution in [3.8, 4) is 0 Å². The average molecular weight is 272 g/mol. The third-order valence-electron chi connectivity index (χ3n) is 3.76. The van der Waals surface area contributed by atoms with Gasteiger partial charge in [0.2, 0.25) is 11.8 Å². The second kappa shape index (κ2) is 6.37. The van der Waals surface area contributed by atoms with Crippen LogP contribution in [-0.2, 0) is 9.59 Å². The summed E-state index contributed by atoms with van der Waals surface area (Å²) in [4.78, 5) is 25.9. The van der Waals surface area contributed by atoms with Gasteiger partial charge in [-0.25, -0.2) is 0 Å². The molecule has 0 bridgehead atoms. The van der Waals surface area contributed by atoms with Crippen LogP contribution in [0.5, 0.6) is 0 Å². The minimum atomic E-state index is -0.208. The zero-order valence-corrected chi connectivity index (χ0v) is 11.7. The highest BCUT2D eigenvalue weighted by Crippen LogP contribution is 2.35. The van der Waals surface area contributed by atoms with Gasteiger partial charge in [0.25, 0.3) is 0 Å². The van der Waals surface area contributed by atoms with E-state index in [0.717, 1.165) is 5.56 Å². The Balaban J connectivity index is 2.26. The van der Waals surface area contributed by atoms with E-state index in [1.54, 1.807) is 18.0 Å². The Morgan fingerprint density at radius 3 is 2.80 bits per heavy atom. The quantitative estimate of drug-likeness (QED) is 0.851. The molecule has 1 aromatic rings. The molecule has 0 unspecified atom stereocenters. The SMILES string of the molecule is C=CCNC(=O)[C@H]1CCC(=O)N(C)[C@H]1c1ccccc1.